The summed E-state index contributed by atoms with van der Waals surface area (Å²) < 4.78 is 9.72. The molecule has 0 unspecified atom stereocenters. The highest BCUT2D eigenvalue weighted by Gasteiger charge is 2.11. The molecule has 0 aliphatic carbocycles. The third kappa shape index (κ3) is 6.48. The fraction of sp³-hybridized carbons (Fsp3) is 0.188. The fourth-order valence-corrected chi connectivity index (χ4v) is 2.34. The van der Waals surface area contributed by atoms with Crippen LogP contribution in [0.5, 0.6) is 0 Å². The molecule has 132 valence electrons. The van der Waals surface area contributed by atoms with Crippen LogP contribution in [0.1, 0.15) is 17.0 Å². The van der Waals surface area contributed by atoms with E-state index in [1.807, 2.05) is 0 Å². The molecule has 7 nitrogen and oxygen atoms in total. The van der Waals surface area contributed by atoms with Gasteiger partial charge in [-0.15, -0.1) is 0 Å². The molecular weight excluding hydrogens is 371 g/mol. The van der Waals surface area contributed by atoms with Crippen LogP contribution in [0.4, 0.5) is 5.69 Å². The Balaban J connectivity index is 1.67. The molecule has 1 aromatic carbocycles. The van der Waals surface area contributed by atoms with Gasteiger partial charge in [0.1, 0.15) is 0 Å². The molecule has 9 heteroatoms. The van der Waals surface area contributed by atoms with E-state index in [1.165, 1.54) is 30.5 Å². The van der Waals surface area contributed by atoms with E-state index in [2.05, 4.69) is 10.6 Å². The maximum atomic E-state index is 11.7. The van der Waals surface area contributed by atoms with Crippen molar-refractivity contribution in [3.05, 3.63) is 52.4 Å². The number of anilines is 1. The van der Waals surface area contributed by atoms with E-state index in [0.717, 1.165) is 0 Å². The number of hydrogen-bond donors (Lipinski definition) is 2. The first kappa shape index (κ1) is 18.8. The third-order valence-corrected chi connectivity index (χ3v) is 3.31. The largest absolute Gasteiger partial charge is 0.459 e. The van der Waals surface area contributed by atoms with E-state index < -0.39 is 24.4 Å². The Morgan fingerprint density at radius 2 is 1.84 bits per heavy atom. The number of esters is 1. The van der Waals surface area contributed by atoms with E-state index in [-0.39, 0.29) is 18.7 Å². The molecule has 2 rings (SSSR count). The number of hydrogen-bond acceptors (Lipinski definition) is 5. The summed E-state index contributed by atoms with van der Waals surface area (Å²) >= 11 is 11.6. The second-order valence-electron chi connectivity index (χ2n) is 4.85. The van der Waals surface area contributed by atoms with E-state index in [0.29, 0.717) is 15.7 Å². The summed E-state index contributed by atoms with van der Waals surface area (Å²) in [6.45, 7) is -0.404. The molecule has 0 fully saturated rings. The Labute approximate surface area is 153 Å². The van der Waals surface area contributed by atoms with Gasteiger partial charge in [0.25, 0.3) is 11.8 Å². The van der Waals surface area contributed by atoms with E-state index in [4.69, 9.17) is 32.4 Å². The first-order valence-corrected chi connectivity index (χ1v) is 7.93. The lowest BCUT2D eigenvalue weighted by Gasteiger charge is -2.08. The number of ether oxygens (including phenoxy) is 1. The molecule has 0 aliphatic rings. The fourth-order valence-electron chi connectivity index (χ4n) is 1.81. The second-order valence-corrected chi connectivity index (χ2v) is 5.72. The van der Waals surface area contributed by atoms with Crippen molar-refractivity contribution in [2.75, 3.05) is 18.5 Å². The maximum absolute atomic E-state index is 11.7. The van der Waals surface area contributed by atoms with Crippen molar-refractivity contribution in [3.8, 4) is 0 Å². The normalized spacial score (nSPS) is 10.2. The first-order chi connectivity index (χ1) is 11.9. The number of carbonyl (C=O) groups is 3. The Morgan fingerprint density at radius 1 is 1.12 bits per heavy atom. The molecule has 2 aromatic rings. The van der Waals surface area contributed by atoms with Gasteiger partial charge in [-0.25, -0.2) is 0 Å². The summed E-state index contributed by atoms with van der Waals surface area (Å²) in [7, 11) is 0. The summed E-state index contributed by atoms with van der Waals surface area (Å²) in [5, 5.41) is 5.73. The van der Waals surface area contributed by atoms with E-state index in [1.54, 1.807) is 6.07 Å². The van der Waals surface area contributed by atoms with Crippen LogP contribution in [-0.4, -0.2) is 30.9 Å². The average Bonchev–Trinajstić information content (AvgIpc) is 3.06. The lowest BCUT2D eigenvalue weighted by molar-refractivity contribution is -0.147. The van der Waals surface area contributed by atoms with Crippen LogP contribution in [-0.2, 0) is 14.3 Å². The standard InChI is InChI=1S/C16H14Cl2N2O5/c17-10-6-11(18)8-12(7-10)20-14(21)9-25-15(22)3-4-19-16(23)13-2-1-5-24-13/h1-2,5-8H,3-4,9H2,(H,19,23)(H,20,21). The monoisotopic (exact) mass is 384 g/mol. The lowest BCUT2D eigenvalue weighted by Crippen LogP contribution is -2.27. The Morgan fingerprint density at radius 3 is 2.48 bits per heavy atom. The van der Waals surface area contributed by atoms with Crippen molar-refractivity contribution < 1.29 is 23.5 Å². The minimum atomic E-state index is -0.626. The highest BCUT2D eigenvalue weighted by atomic mass is 35.5. The zero-order chi connectivity index (χ0) is 18.2. The van der Waals surface area contributed by atoms with Crippen LogP contribution < -0.4 is 10.6 Å². The van der Waals surface area contributed by atoms with Crippen LogP contribution in [0, 0.1) is 0 Å². The molecule has 2 N–H and O–H groups in total. The molecule has 0 spiro atoms. The van der Waals surface area contributed by atoms with Crippen molar-refractivity contribution in [2.45, 2.75) is 6.42 Å². The van der Waals surface area contributed by atoms with Gasteiger partial charge < -0.3 is 19.8 Å². The van der Waals surface area contributed by atoms with Gasteiger partial charge in [0.2, 0.25) is 0 Å². The van der Waals surface area contributed by atoms with Crippen molar-refractivity contribution in [3.63, 3.8) is 0 Å². The predicted molar refractivity (Wildman–Crippen MR) is 91.7 cm³/mol. The summed E-state index contributed by atoms with van der Waals surface area (Å²) in [6, 6.07) is 7.62. The molecule has 0 atom stereocenters. The van der Waals surface area contributed by atoms with Crippen LogP contribution >= 0.6 is 23.2 Å². The van der Waals surface area contributed by atoms with E-state index in [9.17, 15) is 14.4 Å². The zero-order valence-electron chi connectivity index (χ0n) is 12.9. The SMILES string of the molecule is O=C(COC(=O)CCNC(=O)c1ccco1)Nc1cc(Cl)cc(Cl)c1. The average molecular weight is 385 g/mol. The first-order valence-electron chi connectivity index (χ1n) is 7.17. The van der Waals surface area contributed by atoms with Crippen LogP contribution in [0.2, 0.25) is 10.0 Å². The number of benzene rings is 1. The number of rotatable bonds is 7. The van der Waals surface area contributed by atoms with Crippen LogP contribution in [0.25, 0.3) is 0 Å². The van der Waals surface area contributed by atoms with Crippen LogP contribution in [0.15, 0.2) is 41.0 Å². The van der Waals surface area contributed by atoms with Gasteiger partial charge in [-0.1, -0.05) is 23.2 Å². The van der Waals surface area contributed by atoms with Crippen molar-refractivity contribution in [2.24, 2.45) is 0 Å². The van der Waals surface area contributed by atoms with E-state index >= 15 is 0 Å². The molecule has 1 aromatic heterocycles. The summed E-state index contributed by atoms with van der Waals surface area (Å²) in [5.41, 5.74) is 0.393. The quantitative estimate of drug-likeness (QED) is 0.715. The number of carbonyl (C=O) groups excluding carboxylic acids is 3. The molecule has 25 heavy (non-hydrogen) atoms. The smallest absolute Gasteiger partial charge is 0.308 e. The third-order valence-electron chi connectivity index (χ3n) is 2.87. The van der Waals surface area contributed by atoms with Gasteiger partial charge >= 0.3 is 5.97 Å². The minimum Gasteiger partial charge on any atom is -0.459 e. The maximum Gasteiger partial charge on any atom is 0.308 e. The van der Waals surface area contributed by atoms with Crippen molar-refractivity contribution in [1.29, 1.82) is 0 Å². The molecule has 0 radical (unpaired) electrons. The van der Waals surface area contributed by atoms with Gasteiger partial charge in [0.05, 0.1) is 12.7 Å². The minimum absolute atomic E-state index is 0.0594. The van der Waals surface area contributed by atoms with Gasteiger partial charge in [-0.05, 0) is 30.3 Å². The predicted octanol–water partition coefficient (Wildman–Crippen LogP) is 2.89. The number of halogens is 2. The molecule has 0 aliphatic heterocycles. The Hall–Kier alpha value is -2.51. The number of nitrogens with one attached hydrogen (secondary N) is 2. The summed E-state index contributed by atoms with van der Waals surface area (Å²) in [6.07, 6.45) is 1.29. The molecule has 2 amide bonds. The van der Waals surface area contributed by atoms with Crippen LogP contribution in [0.3, 0.4) is 0 Å². The summed E-state index contributed by atoms with van der Waals surface area (Å²) in [5.74, 6) is -1.45. The topological polar surface area (TPSA) is 97.6 Å². The molecule has 0 bridgehead atoms. The van der Waals surface area contributed by atoms with Crippen molar-refractivity contribution >= 4 is 46.7 Å². The molecule has 0 saturated heterocycles. The van der Waals surface area contributed by atoms with Gasteiger partial charge in [0, 0.05) is 22.3 Å². The molecular formula is C16H14Cl2N2O5. The highest BCUT2D eigenvalue weighted by Crippen LogP contribution is 2.22. The summed E-state index contributed by atoms with van der Waals surface area (Å²) in [4.78, 5) is 34.8. The molecule has 0 saturated carbocycles. The Bertz CT molecular complexity index is 742. The zero-order valence-corrected chi connectivity index (χ0v) is 14.4. The van der Waals surface area contributed by atoms with Gasteiger partial charge in [0.15, 0.2) is 12.4 Å². The van der Waals surface area contributed by atoms with Gasteiger partial charge in [-0.3, -0.25) is 14.4 Å². The van der Waals surface area contributed by atoms with Crippen molar-refractivity contribution in [1.82, 2.24) is 5.32 Å². The number of amides is 2. The lowest BCUT2D eigenvalue weighted by atomic mass is 10.3. The molecule has 1 heterocycles. The second kappa shape index (κ2) is 9.10. The van der Waals surface area contributed by atoms with Gasteiger partial charge in [-0.2, -0.15) is 0 Å². The number of furan rings is 1. The Kier molecular flexibility index (Phi) is 6.85. The highest BCUT2D eigenvalue weighted by molar-refractivity contribution is 6.35.